The Kier molecular flexibility index (Phi) is 7.82. The third-order valence-electron chi connectivity index (χ3n) is 6.47. The molecule has 0 spiro atoms. The number of piperazine rings is 1. The first-order valence-electron chi connectivity index (χ1n) is 11.6. The minimum atomic E-state index is 0.249. The average molecular weight is 440 g/mol. The fraction of sp³-hybridized carbons (Fsp3) is 0.519. The van der Waals surface area contributed by atoms with Crippen molar-refractivity contribution in [2.45, 2.75) is 64.8 Å². The number of fused-ring (bicyclic) bond motifs is 2. The number of aryl methyl sites for hydroxylation is 1. The molecule has 0 radical (unpaired) electrons. The van der Waals surface area contributed by atoms with E-state index in [0.717, 1.165) is 60.4 Å². The van der Waals surface area contributed by atoms with Crippen molar-refractivity contribution in [3.8, 4) is 0 Å². The number of halogens is 1. The van der Waals surface area contributed by atoms with Crippen LogP contribution in [0.3, 0.4) is 0 Å². The molecule has 4 heteroatoms. The van der Waals surface area contributed by atoms with Gasteiger partial charge in [-0.05, 0) is 70.2 Å². The zero-order chi connectivity index (χ0) is 22.6. The smallest absolute Gasteiger partial charge is 0.0726 e. The summed E-state index contributed by atoms with van der Waals surface area (Å²) >= 11 is 6.49. The Balaban J connectivity index is 0.000000180. The Morgan fingerprint density at radius 2 is 1.97 bits per heavy atom. The number of hydrogen-bond donors (Lipinski definition) is 0. The summed E-state index contributed by atoms with van der Waals surface area (Å²) < 4.78 is 0. The Bertz CT molecular complexity index is 947. The average Bonchev–Trinajstić information content (AvgIpc) is 2.73. The highest BCUT2D eigenvalue weighted by molar-refractivity contribution is 6.36. The quantitative estimate of drug-likeness (QED) is 0.526. The van der Waals surface area contributed by atoms with E-state index < -0.39 is 0 Å². The topological polar surface area (TPSA) is 19.4 Å². The van der Waals surface area contributed by atoms with E-state index >= 15 is 0 Å². The van der Waals surface area contributed by atoms with Gasteiger partial charge in [0.1, 0.15) is 0 Å². The summed E-state index contributed by atoms with van der Waals surface area (Å²) in [6.45, 7) is 18.2. The van der Waals surface area contributed by atoms with E-state index in [-0.39, 0.29) is 5.54 Å². The summed E-state index contributed by atoms with van der Waals surface area (Å²) in [5, 5.41) is 1.97. The van der Waals surface area contributed by atoms with Crippen LogP contribution in [0.2, 0.25) is 5.02 Å². The number of allylic oxidation sites excluding steroid dienone is 1. The van der Waals surface area contributed by atoms with Gasteiger partial charge in [0, 0.05) is 42.0 Å². The van der Waals surface area contributed by atoms with Gasteiger partial charge in [0.2, 0.25) is 0 Å². The number of hydrogen-bond acceptors (Lipinski definition) is 3. The van der Waals surface area contributed by atoms with Gasteiger partial charge in [-0.2, -0.15) is 0 Å². The zero-order valence-electron chi connectivity index (χ0n) is 19.8. The third kappa shape index (κ3) is 5.51. The summed E-state index contributed by atoms with van der Waals surface area (Å²) in [5.74, 6) is 0. The highest BCUT2D eigenvalue weighted by Crippen LogP contribution is 2.33. The molecular weight excluding hydrogens is 402 g/mol. The van der Waals surface area contributed by atoms with Crippen LogP contribution in [0.15, 0.2) is 37.1 Å². The minimum Gasteiger partial charge on any atom is -0.368 e. The molecule has 0 amide bonds. The molecule has 2 heterocycles. The van der Waals surface area contributed by atoms with Crippen LogP contribution in [0.1, 0.15) is 63.3 Å². The van der Waals surface area contributed by atoms with Gasteiger partial charge < -0.3 is 9.80 Å². The van der Waals surface area contributed by atoms with Crippen LogP contribution in [0, 0.1) is 0 Å². The number of likely N-dealkylation sites (N-methyl/N-ethyl adjacent to an activating group) is 1. The van der Waals surface area contributed by atoms with E-state index in [1.165, 1.54) is 36.2 Å². The Hall–Kier alpha value is -1.84. The maximum absolute atomic E-state index is 6.49. The highest BCUT2D eigenvalue weighted by Gasteiger charge is 2.32. The zero-order valence-corrected chi connectivity index (χ0v) is 20.6. The number of benzene rings is 1. The third-order valence-corrected chi connectivity index (χ3v) is 6.90. The van der Waals surface area contributed by atoms with Crippen LogP contribution in [-0.2, 0) is 12.8 Å². The fourth-order valence-electron chi connectivity index (χ4n) is 4.92. The van der Waals surface area contributed by atoms with Crippen molar-refractivity contribution in [1.82, 2.24) is 14.8 Å². The van der Waals surface area contributed by atoms with Crippen molar-refractivity contribution in [3.63, 3.8) is 0 Å². The predicted molar refractivity (Wildman–Crippen MR) is 136 cm³/mol. The lowest BCUT2D eigenvalue weighted by molar-refractivity contribution is 0.0579. The molecule has 2 aliphatic rings. The molecule has 31 heavy (non-hydrogen) atoms. The van der Waals surface area contributed by atoms with Gasteiger partial charge in [-0.3, -0.25) is 4.98 Å². The Morgan fingerprint density at radius 3 is 2.65 bits per heavy atom. The molecule has 1 aliphatic heterocycles. The number of nitrogens with zero attached hydrogens (tertiary/aromatic N) is 3. The van der Waals surface area contributed by atoms with Crippen molar-refractivity contribution >= 4 is 28.6 Å². The van der Waals surface area contributed by atoms with Crippen LogP contribution in [0.4, 0.5) is 0 Å². The first-order valence-corrected chi connectivity index (χ1v) is 12.0. The first-order chi connectivity index (χ1) is 14.8. The summed E-state index contributed by atoms with van der Waals surface area (Å²) in [5.41, 5.74) is 6.10. The van der Waals surface area contributed by atoms with Gasteiger partial charge in [0.15, 0.2) is 0 Å². The van der Waals surface area contributed by atoms with Gasteiger partial charge in [-0.15, -0.1) is 0 Å². The van der Waals surface area contributed by atoms with Gasteiger partial charge in [-0.25, -0.2) is 0 Å². The standard InChI is InChI=1S/C15H14ClN.C12H24N2/c1-2-10-7-8-12-14(9-10)17-13-6-4-3-5-11(13)15(12)16;1-6-7-11(2)14-9-8-13(5)10-12(14,3)4/h2,7-9H,1,3-6H2;2,6-10H2,1,3-5H3. The van der Waals surface area contributed by atoms with Gasteiger partial charge in [0.05, 0.1) is 10.5 Å². The molecule has 1 aromatic heterocycles. The van der Waals surface area contributed by atoms with Crippen LogP contribution in [-0.4, -0.2) is 47.0 Å². The fourth-order valence-corrected chi connectivity index (χ4v) is 5.28. The molecule has 3 nitrogen and oxygen atoms in total. The van der Waals surface area contributed by atoms with E-state index in [0.29, 0.717) is 0 Å². The molecule has 1 fully saturated rings. The second-order valence-corrected chi connectivity index (χ2v) is 9.93. The maximum Gasteiger partial charge on any atom is 0.0726 e. The van der Waals surface area contributed by atoms with Gasteiger partial charge >= 0.3 is 0 Å². The van der Waals surface area contributed by atoms with Crippen molar-refractivity contribution in [2.24, 2.45) is 0 Å². The summed E-state index contributed by atoms with van der Waals surface area (Å²) in [6.07, 6.45) is 8.75. The van der Waals surface area contributed by atoms with Crippen LogP contribution >= 0.6 is 11.6 Å². The van der Waals surface area contributed by atoms with E-state index in [4.69, 9.17) is 16.6 Å². The molecule has 4 rings (SSSR count). The maximum atomic E-state index is 6.49. The van der Waals surface area contributed by atoms with E-state index in [2.05, 4.69) is 62.9 Å². The largest absolute Gasteiger partial charge is 0.368 e. The van der Waals surface area contributed by atoms with Crippen molar-refractivity contribution < 1.29 is 0 Å². The molecule has 0 atom stereocenters. The SMILES string of the molecule is C=C(CCC)N1CCN(C)CC1(C)C.C=Cc1ccc2c(Cl)c3c(nc2c1)CCCC3. The summed E-state index contributed by atoms with van der Waals surface area (Å²) in [4.78, 5) is 9.63. The number of rotatable bonds is 4. The second kappa shape index (κ2) is 10.2. The monoisotopic (exact) mass is 439 g/mol. The van der Waals surface area contributed by atoms with Gasteiger partial charge in [0.25, 0.3) is 0 Å². The minimum absolute atomic E-state index is 0.249. The molecule has 0 bridgehead atoms. The van der Waals surface area contributed by atoms with E-state index in [9.17, 15) is 0 Å². The Labute approximate surface area is 193 Å². The molecule has 1 aliphatic carbocycles. The lowest BCUT2D eigenvalue weighted by Crippen LogP contribution is -2.57. The number of pyridine rings is 1. The molecule has 168 valence electrons. The second-order valence-electron chi connectivity index (χ2n) is 9.56. The lowest BCUT2D eigenvalue weighted by Gasteiger charge is -2.48. The highest BCUT2D eigenvalue weighted by atomic mass is 35.5. The molecule has 0 saturated carbocycles. The van der Waals surface area contributed by atoms with Crippen molar-refractivity contribution in [2.75, 3.05) is 26.7 Å². The molecular formula is C27H38ClN3. The summed E-state index contributed by atoms with van der Waals surface area (Å²) in [6, 6.07) is 6.15. The normalized spacial score (nSPS) is 18.2. The van der Waals surface area contributed by atoms with Crippen LogP contribution < -0.4 is 0 Å². The van der Waals surface area contributed by atoms with E-state index in [1.807, 2.05) is 12.1 Å². The molecule has 1 saturated heterocycles. The van der Waals surface area contributed by atoms with Crippen molar-refractivity contribution in [1.29, 1.82) is 0 Å². The van der Waals surface area contributed by atoms with Gasteiger partial charge in [-0.1, -0.05) is 56.3 Å². The summed E-state index contributed by atoms with van der Waals surface area (Å²) in [7, 11) is 2.20. The molecule has 2 aromatic rings. The van der Waals surface area contributed by atoms with Crippen molar-refractivity contribution in [3.05, 3.63) is 58.9 Å². The lowest BCUT2D eigenvalue weighted by atomic mass is 9.94. The van der Waals surface area contributed by atoms with Crippen LogP contribution in [0.5, 0.6) is 0 Å². The molecule has 0 unspecified atom stereocenters. The van der Waals surface area contributed by atoms with Crippen LogP contribution in [0.25, 0.3) is 17.0 Å². The Morgan fingerprint density at radius 1 is 1.23 bits per heavy atom. The molecule has 1 aromatic carbocycles. The van der Waals surface area contributed by atoms with E-state index in [1.54, 1.807) is 0 Å². The predicted octanol–water partition coefficient (Wildman–Crippen LogP) is 6.74. The first kappa shape index (κ1) is 23.8. The number of aromatic nitrogens is 1. The molecule has 0 N–H and O–H groups in total.